The van der Waals surface area contributed by atoms with Gasteiger partial charge in [0.05, 0.1) is 19.2 Å². The van der Waals surface area contributed by atoms with Gasteiger partial charge in [-0.1, -0.05) is 12.1 Å². The van der Waals surface area contributed by atoms with Crippen LogP contribution in [-0.2, 0) is 16.0 Å². The average molecular weight is 302 g/mol. The number of hydrazone groups is 1. The summed E-state index contributed by atoms with van der Waals surface area (Å²) in [4.78, 5) is 11.1. The predicted molar refractivity (Wildman–Crippen MR) is 68.8 cm³/mol. The highest BCUT2D eigenvalue weighted by molar-refractivity contribution is 5.73. The van der Waals surface area contributed by atoms with Crippen molar-refractivity contribution in [3.63, 3.8) is 0 Å². The quantitative estimate of drug-likeness (QED) is 0.866. The number of aliphatic hydroxyl groups is 1. The van der Waals surface area contributed by atoms with Crippen molar-refractivity contribution in [1.82, 2.24) is 0 Å². The Labute approximate surface area is 118 Å². The number of benzene rings is 1. The van der Waals surface area contributed by atoms with Gasteiger partial charge in [0.25, 0.3) is 5.72 Å². The second-order valence-corrected chi connectivity index (χ2v) is 4.55. The molecule has 21 heavy (non-hydrogen) atoms. The molecule has 0 bridgehead atoms. The number of nitrogens with zero attached hydrogens (tertiary/aromatic N) is 2. The number of hydrogen-bond donors (Lipinski definition) is 1. The molecule has 0 aromatic heterocycles. The van der Waals surface area contributed by atoms with E-state index in [2.05, 4.69) is 9.84 Å². The van der Waals surface area contributed by atoms with Crippen LogP contribution in [0.25, 0.3) is 0 Å². The summed E-state index contributed by atoms with van der Waals surface area (Å²) in [6.45, 7) is 0. The van der Waals surface area contributed by atoms with Crippen LogP contribution in [-0.4, -0.2) is 36.3 Å². The number of hydrogen-bond acceptors (Lipinski definition) is 5. The lowest BCUT2D eigenvalue weighted by atomic mass is 10.1. The molecule has 1 aliphatic heterocycles. The number of halogens is 3. The summed E-state index contributed by atoms with van der Waals surface area (Å²) in [6, 6.07) is 5.68. The standard InChI is InChI=1S/C13H13F3N2O3/c1-21-11(19)8-9-2-4-10(5-3-9)18-12(20,6-7-17-18)13(14,15)16/h2-5,7,20H,6,8H2,1H3. The molecule has 1 aromatic carbocycles. The molecule has 1 unspecified atom stereocenters. The SMILES string of the molecule is COC(=O)Cc1ccc(N2N=CCC2(O)C(F)(F)F)cc1. The molecule has 0 aliphatic carbocycles. The molecule has 5 nitrogen and oxygen atoms in total. The molecule has 0 amide bonds. The van der Waals surface area contributed by atoms with Crippen LogP contribution < -0.4 is 5.01 Å². The van der Waals surface area contributed by atoms with E-state index in [0.717, 1.165) is 6.21 Å². The minimum absolute atomic E-state index is 0.0174. The van der Waals surface area contributed by atoms with Crippen LogP contribution in [0.3, 0.4) is 0 Å². The first-order valence-corrected chi connectivity index (χ1v) is 6.05. The first-order valence-electron chi connectivity index (χ1n) is 6.05. The van der Waals surface area contributed by atoms with Gasteiger partial charge in [-0.05, 0) is 17.7 Å². The van der Waals surface area contributed by atoms with Crippen LogP contribution in [0.5, 0.6) is 0 Å². The molecule has 1 aromatic rings. The topological polar surface area (TPSA) is 62.1 Å². The summed E-state index contributed by atoms with van der Waals surface area (Å²) >= 11 is 0. The van der Waals surface area contributed by atoms with Crippen molar-refractivity contribution >= 4 is 17.9 Å². The van der Waals surface area contributed by atoms with Gasteiger partial charge in [0.1, 0.15) is 0 Å². The van der Waals surface area contributed by atoms with Crippen LogP contribution in [0.2, 0.25) is 0 Å². The second-order valence-electron chi connectivity index (χ2n) is 4.55. The Morgan fingerprint density at radius 3 is 2.57 bits per heavy atom. The Hall–Kier alpha value is -2.09. The fourth-order valence-corrected chi connectivity index (χ4v) is 1.94. The average Bonchev–Trinajstić information content (AvgIpc) is 2.82. The van der Waals surface area contributed by atoms with Crippen LogP contribution >= 0.6 is 0 Å². The van der Waals surface area contributed by atoms with Gasteiger partial charge in [-0.3, -0.25) is 4.79 Å². The van der Waals surface area contributed by atoms with Crippen molar-refractivity contribution < 1.29 is 27.8 Å². The summed E-state index contributed by atoms with van der Waals surface area (Å²) < 4.78 is 43.3. The number of alkyl halides is 3. The largest absolute Gasteiger partial charge is 0.469 e. The van der Waals surface area contributed by atoms with Crippen molar-refractivity contribution in [1.29, 1.82) is 0 Å². The number of anilines is 1. The summed E-state index contributed by atoms with van der Waals surface area (Å²) in [7, 11) is 1.25. The van der Waals surface area contributed by atoms with Gasteiger partial charge in [0.2, 0.25) is 0 Å². The minimum Gasteiger partial charge on any atom is -0.469 e. The van der Waals surface area contributed by atoms with E-state index in [4.69, 9.17) is 0 Å². The molecular formula is C13H13F3N2O3. The summed E-state index contributed by atoms with van der Waals surface area (Å²) in [5.41, 5.74) is -2.38. The number of rotatable bonds is 3. The van der Waals surface area contributed by atoms with Crippen LogP contribution in [0.4, 0.5) is 18.9 Å². The number of esters is 1. The third kappa shape index (κ3) is 2.85. The molecule has 1 atom stereocenters. The summed E-state index contributed by atoms with van der Waals surface area (Å²) in [5, 5.41) is 13.9. The van der Waals surface area contributed by atoms with Crippen molar-refractivity contribution in [2.45, 2.75) is 24.7 Å². The molecule has 1 N–H and O–H groups in total. The Balaban J connectivity index is 2.22. The molecule has 2 rings (SSSR count). The fraction of sp³-hybridized carbons (Fsp3) is 0.385. The fourth-order valence-electron chi connectivity index (χ4n) is 1.94. The maximum absolute atomic E-state index is 12.9. The van der Waals surface area contributed by atoms with Crippen molar-refractivity contribution in [3.8, 4) is 0 Å². The number of ether oxygens (including phenoxy) is 1. The molecule has 0 spiro atoms. The lowest BCUT2D eigenvalue weighted by molar-refractivity contribution is -0.254. The van der Waals surface area contributed by atoms with Crippen molar-refractivity contribution in [2.75, 3.05) is 12.1 Å². The van der Waals surface area contributed by atoms with Gasteiger partial charge >= 0.3 is 12.1 Å². The third-order valence-corrected chi connectivity index (χ3v) is 3.13. The van der Waals surface area contributed by atoms with Gasteiger partial charge in [0, 0.05) is 12.6 Å². The minimum atomic E-state index is -4.84. The third-order valence-electron chi connectivity index (χ3n) is 3.13. The van der Waals surface area contributed by atoms with E-state index < -0.39 is 24.3 Å². The highest BCUT2D eigenvalue weighted by atomic mass is 19.4. The van der Waals surface area contributed by atoms with Crippen LogP contribution in [0.1, 0.15) is 12.0 Å². The highest BCUT2D eigenvalue weighted by Gasteiger charge is 2.60. The smallest absolute Gasteiger partial charge is 0.438 e. The summed E-state index contributed by atoms with van der Waals surface area (Å²) in [5.74, 6) is -0.450. The van der Waals surface area contributed by atoms with E-state index in [1.807, 2.05) is 0 Å². The molecule has 1 heterocycles. The van der Waals surface area contributed by atoms with Gasteiger partial charge in [-0.25, -0.2) is 5.01 Å². The first kappa shape index (κ1) is 15.3. The lowest BCUT2D eigenvalue weighted by Gasteiger charge is -2.34. The highest BCUT2D eigenvalue weighted by Crippen LogP contribution is 2.41. The zero-order valence-corrected chi connectivity index (χ0v) is 11.1. The summed E-state index contributed by atoms with van der Waals surface area (Å²) in [6.07, 6.45) is -4.45. The number of carbonyl (C=O) groups is 1. The first-order chi connectivity index (χ1) is 9.78. The zero-order chi connectivity index (χ0) is 15.7. The molecule has 8 heteroatoms. The number of carbonyl (C=O) groups excluding carboxylic acids is 1. The number of methoxy groups -OCH3 is 1. The molecule has 0 saturated carbocycles. The molecule has 0 radical (unpaired) electrons. The van der Waals surface area contributed by atoms with E-state index in [0.29, 0.717) is 10.6 Å². The Morgan fingerprint density at radius 2 is 2.05 bits per heavy atom. The molecular weight excluding hydrogens is 289 g/mol. The van der Waals surface area contributed by atoms with E-state index in [9.17, 15) is 23.1 Å². The maximum Gasteiger partial charge on any atom is 0.438 e. The van der Waals surface area contributed by atoms with Gasteiger partial charge in [-0.15, -0.1) is 0 Å². The zero-order valence-electron chi connectivity index (χ0n) is 11.1. The van der Waals surface area contributed by atoms with Gasteiger partial charge in [-0.2, -0.15) is 18.3 Å². The monoisotopic (exact) mass is 302 g/mol. The van der Waals surface area contributed by atoms with E-state index in [-0.39, 0.29) is 12.1 Å². The van der Waals surface area contributed by atoms with E-state index >= 15 is 0 Å². The van der Waals surface area contributed by atoms with Gasteiger partial charge < -0.3 is 9.84 Å². The van der Waals surface area contributed by atoms with Crippen molar-refractivity contribution in [2.24, 2.45) is 5.10 Å². The van der Waals surface area contributed by atoms with Crippen LogP contribution in [0, 0.1) is 0 Å². The Kier molecular flexibility index (Phi) is 3.91. The lowest BCUT2D eigenvalue weighted by Crippen LogP contribution is -2.54. The predicted octanol–water partition coefficient (Wildman–Crippen LogP) is 1.85. The molecule has 1 aliphatic rings. The van der Waals surface area contributed by atoms with Crippen molar-refractivity contribution in [3.05, 3.63) is 29.8 Å². The second kappa shape index (κ2) is 5.36. The van der Waals surface area contributed by atoms with E-state index in [1.54, 1.807) is 0 Å². The molecule has 0 saturated heterocycles. The van der Waals surface area contributed by atoms with E-state index in [1.165, 1.54) is 31.4 Å². The Morgan fingerprint density at radius 1 is 1.43 bits per heavy atom. The maximum atomic E-state index is 12.9. The van der Waals surface area contributed by atoms with Gasteiger partial charge in [0.15, 0.2) is 0 Å². The molecule has 114 valence electrons. The molecule has 0 fully saturated rings. The Bertz CT molecular complexity index is 557. The normalized spacial score (nSPS) is 21.7. The van der Waals surface area contributed by atoms with Crippen LogP contribution in [0.15, 0.2) is 29.4 Å².